The highest BCUT2D eigenvalue weighted by Crippen LogP contribution is 2.16. The smallest absolute Gasteiger partial charge is 0.252 e. The molecule has 5 nitrogen and oxygen atoms in total. The Morgan fingerprint density at radius 2 is 1.80 bits per heavy atom. The number of nitrogens with zero attached hydrogens (tertiary/aromatic N) is 2. The minimum Gasteiger partial charge on any atom is -0.291 e. The maximum atomic E-state index is 11.8. The van der Waals surface area contributed by atoms with Gasteiger partial charge in [0.15, 0.2) is 0 Å². The first-order valence-corrected chi connectivity index (χ1v) is 8.17. The third kappa shape index (κ3) is 4.41. The molecule has 0 aliphatic heterocycles. The van der Waals surface area contributed by atoms with E-state index in [0.29, 0.717) is 17.6 Å². The molecular formula is C20H20N4O. The molecule has 0 spiro atoms. The predicted octanol–water partition coefficient (Wildman–Crippen LogP) is 4.01. The zero-order chi connectivity index (χ0) is 17.6. The largest absolute Gasteiger partial charge is 0.291 e. The van der Waals surface area contributed by atoms with E-state index in [4.69, 9.17) is 0 Å². The number of hydrogen-bond acceptors (Lipinski definition) is 4. The van der Waals surface area contributed by atoms with Crippen LogP contribution in [0.1, 0.15) is 30.9 Å². The van der Waals surface area contributed by atoms with Crippen molar-refractivity contribution in [3.63, 3.8) is 0 Å². The summed E-state index contributed by atoms with van der Waals surface area (Å²) in [4.78, 5) is 18.9. The van der Waals surface area contributed by atoms with E-state index in [1.807, 2.05) is 42.5 Å². The van der Waals surface area contributed by atoms with Crippen molar-refractivity contribution in [1.29, 1.82) is 0 Å². The number of anilines is 1. The summed E-state index contributed by atoms with van der Waals surface area (Å²) in [5, 5.41) is 4.15. The molecule has 5 heteroatoms. The summed E-state index contributed by atoms with van der Waals surface area (Å²) in [5.41, 5.74) is 6.29. The zero-order valence-corrected chi connectivity index (χ0v) is 14.2. The summed E-state index contributed by atoms with van der Waals surface area (Å²) in [6, 6.07) is 19.2. The van der Waals surface area contributed by atoms with Crippen molar-refractivity contribution in [3.8, 4) is 11.3 Å². The molecule has 0 aliphatic rings. The molecule has 25 heavy (non-hydrogen) atoms. The van der Waals surface area contributed by atoms with Gasteiger partial charge < -0.3 is 0 Å². The van der Waals surface area contributed by atoms with Crippen molar-refractivity contribution in [1.82, 2.24) is 9.97 Å². The summed E-state index contributed by atoms with van der Waals surface area (Å²) in [6.45, 7) is 4.32. The third-order valence-corrected chi connectivity index (χ3v) is 3.80. The summed E-state index contributed by atoms with van der Waals surface area (Å²) in [7, 11) is 0. The van der Waals surface area contributed by atoms with Gasteiger partial charge in [0.2, 0.25) is 5.95 Å². The van der Waals surface area contributed by atoms with Crippen molar-refractivity contribution in [2.24, 2.45) is 5.10 Å². The SMILES string of the molecule is CC(C)c1ccc(/C=N/Nc2nc(-c3ccccc3)cc(=O)[nH]2)cc1. The summed E-state index contributed by atoms with van der Waals surface area (Å²) in [5.74, 6) is 0.806. The van der Waals surface area contributed by atoms with Crippen LogP contribution in [-0.4, -0.2) is 16.2 Å². The summed E-state index contributed by atoms with van der Waals surface area (Å²) in [6.07, 6.45) is 1.69. The molecular weight excluding hydrogens is 312 g/mol. The lowest BCUT2D eigenvalue weighted by molar-refractivity contribution is 0.866. The molecule has 0 fully saturated rings. The Morgan fingerprint density at radius 3 is 2.48 bits per heavy atom. The van der Waals surface area contributed by atoms with Crippen LogP contribution >= 0.6 is 0 Å². The van der Waals surface area contributed by atoms with Gasteiger partial charge in [0.1, 0.15) is 0 Å². The molecule has 3 aromatic rings. The van der Waals surface area contributed by atoms with Gasteiger partial charge in [0, 0.05) is 11.6 Å². The lowest BCUT2D eigenvalue weighted by Crippen LogP contribution is -2.10. The number of rotatable bonds is 5. The number of hydrogen-bond donors (Lipinski definition) is 2. The first-order valence-electron chi connectivity index (χ1n) is 8.17. The average Bonchev–Trinajstić information content (AvgIpc) is 2.62. The normalized spacial score (nSPS) is 11.2. The molecule has 0 saturated heterocycles. The molecule has 2 aromatic carbocycles. The molecule has 0 atom stereocenters. The molecule has 3 rings (SSSR count). The fraction of sp³-hybridized carbons (Fsp3) is 0.150. The van der Waals surface area contributed by atoms with Gasteiger partial charge in [-0.15, -0.1) is 0 Å². The number of benzene rings is 2. The van der Waals surface area contributed by atoms with Gasteiger partial charge >= 0.3 is 0 Å². The minimum atomic E-state index is -0.229. The maximum absolute atomic E-state index is 11.8. The second-order valence-corrected chi connectivity index (χ2v) is 6.04. The molecule has 0 unspecified atom stereocenters. The zero-order valence-electron chi connectivity index (χ0n) is 14.2. The van der Waals surface area contributed by atoms with E-state index in [-0.39, 0.29) is 5.56 Å². The predicted molar refractivity (Wildman–Crippen MR) is 102 cm³/mol. The van der Waals surface area contributed by atoms with Crippen molar-refractivity contribution in [2.45, 2.75) is 19.8 Å². The van der Waals surface area contributed by atoms with E-state index in [0.717, 1.165) is 11.1 Å². The first-order chi connectivity index (χ1) is 12.1. The van der Waals surface area contributed by atoms with Crippen LogP contribution in [0.2, 0.25) is 0 Å². The van der Waals surface area contributed by atoms with Crippen LogP contribution in [0.3, 0.4) is 0 Å². The number of aromatic nitrogens is 2. The first kappa shape index (κ1) is 16.6. The third-order valence-electron chi connectivity index (χ3n) is 3.80. The molecule has 0 aliphatic carbocycles. The van der Waals surface area contributed by atoms with Crippen molar-refractivity contribution in [2.75, 3.05) is 5.43 Å². The molecule has 1 aromatic heterocycles. The fourth-order valence-electron chi connectivity index (χ4n) is 2.40. The minimum absolute atomic E-state index is 0.229. The molecule has 126 valence electrons. The molecule has 0 amide bonds. The second kappa shape index (κ2) is 7.57. The standard InChI is InChI=1S/C20H20N4O/c1-14(2)16-10-8-15(9-11-16)13-21-24-20-22-18(12-19(25)23-20)17-6-4-3-5-7-17/h3-14H,1-2H3,(H2,22,23,24,25)/b21-13+. The molecule has 0 bridgehead atoms. The molecule has 0 radical (unpaired) electrons. The highest BCUT2D eigenvalue weighted by atomic mass is 16.1. The van der Waals surface area contributed by atoms with E-state index in [1.54, 1.807) is 6.21 Å². The van der Waals surface area contributed by atoms with Gasteiger partial charge in [0.25, 0.3) is 5.56 Å². The number of hydrazone groups is 1. The Hall–Kier alpha value is -3.21. The second-order valence-electron chi connectivity index (χ2n) is 6.04. The van der Waals surface area contributed by atoms with Crippen molar-refractivity contribution < 1.29 is 0 Å². The van der Waals surface area contributed by atoms with E-state index in [9.17, 15) is 4.79 Å². The fourth-order valence-corrected chi connectivity index (χ4v) is 2.40. The highest BCUT2D eigenvalue weighted by Gasteiger charge is 2.03. The van der Waals surface area contributed by atoms with Crippen LogP contribution < -0.4 is 11.0 Å². The Labute approximate surface area is 146 Å². The Morgan fingerprint density at radius 1 is 1.08 bits per heavy atom. The summed E-state index contributed by atoms with van der Waals surface area (Å²) < 4.78 is 0. The van der Waals surface area contributed by atoms with Crippen LogP contribution in [0, 0.1) is 0 Å². The Balaban J connectivity index is 1.75. The topological polar surface area (TPSA) is 70.1 Å². The molecule has 0 saturated carbocycles. The lowest BCUT2D eigenvalue weighted by Gasteiger charge is -2.05. The van der Waals surface area contributed by atoms with Crippen molar-refractivity contribution >= 4 is 12.2 Å². The Bertz CT molecular complexity index is 912. The molecule has 1 heterocycles. The molecule has 2 N–H and O–H groups in total. The highest BCUT2D eigenvalue weighted by molar-refractivity contribution is 5.80. The van der Waals surface area contributed by atoms with Crippen LogP contribution in [0.15, 0.2) is 70.6 Å². The average molecular weight is 332 g/mol. The van der Waals surface area contributed by atoms with E-state index < -0.39 is 0 Å². The number of nitrogens with one attached hydrogen (secondary N) is 2. The van der Waals surface area contributed by atoms with Gasteiger partial charge in [-0.3, -0.25) is 9.78 Å². The monoisotopic (exact) mass is 332 g/mol. The number of aromatic amines is 1. The number of H-pyrrole nitrogens is 1. The van der Waals surface area contributed by atoms with Crippen molar-refractivity contribution in [3.05, 3.63) is 82.1 Å². The van der Waals surface area contributed by atoms with Gasteiger partial charge in [-0.25, -0.2) is 10.4 Å². The lowest BCUT2D eigenvalue weighted by atomic mass is 10.0. The van der Waals surface area contributed by atoms with E-state index in [1.165, 1.54) is 11.6 Å². The Kier molecular flexibility index (Phi) is 5.04. The van der Waals surface area contributed by atoms with Gasteiger partial charge in [0.05, 0.1) is 11.9 Å². The van der Waals surface area contributed by atoms with E-state index >= 15 is 0 Å². The van der Waals surface area contributed by atoms with Gasteiger partial charge in [-0.05, 0) is 17.0 Å². The van der Waals surface area contributed by atoms with Crippen LogP contribution in [0.5, 0.6) is 0 Å². The maximum Gasteiger partial charge on any atom is 0.252 e. The van der Waals surface area contributed by atoms with Gasteiger partial charge in [-0.2, -0.15) is 5.10 Å². The van der Waals surface area contributed by atoms with Crippen LogP contribution in [0.4, 0.5) is 5.95 Å². The van der Waals surface area contributed by atoms with E-state index in [2.05, 4.69) is 46.5 Å². The summed E-state index contributed by atoms with van der Waals surface area (Å²) >= 11 is 0. The quantitative estimate of drug-likeness (QED) is 0.548. The van der Waals surface area contributed by atoms with Gasteiger partial charge in [-0.1, -0.05) is 68.4 Å². The van der Waals surface area contributed by atoms with Crippen LogP contribution in [0.25, 0.3) is 11.3 Å². The van der Waals surface area contributed by atoms with Crippen LogP contribution in [-0.2, 0) is 0 Å².